The van der Waals surface area contributed by atoms with E-state index in [0.717, 1.165) is 25.6 Å². The molecule has 2 fully saturated rings. The Morgan fingerprint density at radius 3 is 2.75 bits per heavy atom. The summed E-state index contributed by atoms with van der Waals surface area (Å²) < 4.78 is 5.70. The summed E-state index contributed by atoms with van der Waals surface area (Å²) in [4.78, 5) is 25.0. The number of carbonyl (C=O) groups excluding carboxylic acids is 1. The summed E-state index contributed by atoms with van der Waals surface area (Å²) in [6, 6.07) is 1.14. The lowest BCUT2D eigenvalue weighted by Crippen LogP contribution is -2.53. The molecule has 20 heavy (non-hydrogen) atoms. The number of carboxylic acids is 1. The number of carboxylic acid groups (broad SMARTS) is 1. The van der Waals surface area contributed by atoms with Gasteiger partial charge in [0.1, 0.15) is 5.92 Å². The summed E-state index contributed by atoms with van der Waals surface area (Å²) >= 11 is 0. The maximum Gasteiger partial charge on any atom is 0.314 e. The minimum Gasteiger partial charge on any atom is -0.481 e. The van der Waals surface area contributed by atoms with E-state index in [4.69, 9.17) is 9.84 Å². The standard InChI is InChI=1S/C14H25NO4Si/c1-20(2,3)7-6-19-10-15-5-4-14(9-15)8-11(12(14)16)13(17)18/h11H,4-10H2,1-3H3,(H,17,18). The van der Waals surface area contributed by atoms with E-state index in [1.165, 1.54) is 0 Å². The molecule has 2 unspecified atom stereocenters. The summed E-state index contributed by atoms with van der Waals surface area (Å²) in [7, 11) is -1.05. The number of hydrogen-bond acceptors (Lipinski definition) is 4. The van der Waals surface area contributed by atoms with Crippen LogP contribution in [0.15, 0.2) is 0 Å². The third kappa shape index (κ3) is 3.29. The summed E-state index contributed by atoms with van der Waals surface area (Å²) in [5.74, 6) is -1.80. The van der Waals surface area contributed by atoms with Crippen molar-refractivity contribution in [2.45, 2.75) is 38.5 Å². The summed E-state index contributed by atoms with van der Waals surface area (Å²) in [6.07, 6.45) is 1.29. The SMILES string of the molecule is C[Si](C)(C)CCOCN1CCC2(CC(C(=O)O)C2=O)C1. The number of hydrogen-bond donors (Lipinski definition) is 1. The van der Waals surface area contributed by atoms with Crippen LogP contribution < -0.4 is 0 Å². The highest BCUT2D eigenvalue weighted by molar-refractivity contribution is 6.76. The Kier molecular flexibility index (Phi) is 4.37. The monoisotopic (exact) mass is 299 g/mol. The molecule has 0 aromatic heterocycles. The predicted octanol–water partition coefficient (Wildman–Crippen LogP) is 1.66. The lowest BCUT2D eigenvalue weighted by atomic mass is 9.60. The third-order valence-electron chi connectivity index (χ3n) is 4.44. The molecule has 1 aliphatic heterocycles. The van der Waals surface area contributed by atoms with Crippen molar-refractivity contribution >= 4 is 19.8 Å². The zero-order valence-electron chi connectivity index (χ0n) is 12.6. The van der Waals surface area contributed by atoms with Gasteiger partial charge in [-0.15, -0.1) is 0 Å². The average molecular weight is 299 g/mol. The van der Waals surface area contributed by atoms with E-state index in [9.17, 15) is 9.59 Å². The predicted molar refractivity (Wildman–Crippen MR) is 78.3 cm³/mol. The van der Waals surface area contributed by atoms with Gasteiger partial charge in [0.05, 0.1) is 6.73 Å². The Hall–Kier alpha value is -0.723. The zero-order chi connectivity index (χ0) is 15.0. The number of ether oxygens (including phenoxy) is 1. The lowest BCUT2D eigenvalue weighted by molar-refractivity contribution is -0.161. The molecular weight excluding hydrogens is 274 g/mol. The van der Waals surface area contributed by atoms with E-state index in [0.29, 0.717) is 19.7 Å². The number of nitrogens with zero attached hydrogens (tertiary/aromatic N) is 1. The van der Waals surface area contributed by atoms with Gasteiger partial charge in [0.15, 0.2) is 5.78 Å². The van der Waals surface area contributed by atoms with Gasteiger partial charge in [-0.25, -0.2) is 0 Å². The highest BCUT2D eigenvalue weighted by Crippen LogP contribution is 2.48. The number of carbonyl (C=O) groups is 2. The Bertz CT molecular complexity index is 406. The second-order valence-electron chi connectivity index (χ2n) is 7.39. The number of ketones is 1. The molecule has 1 saturated carbocycles. The normalized spacial score (nSPS) is 30.8. The number of rotatable bonds is 6. The molecule has 0 amide bonds. The largest absolute Gasteiger partial charge is 0.481 e. The molecule has 1 aliphatic carbocycles. The Labute approximate surface area is 121 Å². The molecule has 1 heterocycles. The zero-order valence-corrected chi connectivity index (χ0v) is 13.6. The van der Waals surface area contributed by atoms with Crippen LogP contribution >= 0.6 is 0 Å². The van der Waals surface area contributed by atoms with E-state index < -0.39 is 20.0 Å². The van der Waals surface area contributed by atoms with E-state index in [1.807, 2.05) is 0 Å². The fourth-order valence-corrected chi connectivity index (χ4v) is 3.79. The van der Waals surface area contributed by atoms with E-state index in [-0.39, 0.29) is 11.2 Å². The van der Waals surface area contributed by atoms with Crippen molar-refractivity contribution in [2.75, 3.05) is 26.4 Å². The van der Waals surface area contributed by atoms with Crippen molar-refractivity contribution in [2.24, 2.45) is 11.3 Å². The molecule has 114 valence electrons. The first kappa shape index (κ1) is 15.7. The number of aliphatic carboxylic acids is 1. The maximum absolute atomic E-state index is 12.0. The summed E-state index contributed by atoms with van der Waals surface area (Å²) in [5, 5.41) is 8.91. The number of Topliss-reactive ketones (excluding diaryl/α,β-unsaturated/α-hetero) is 1. The van der Waals surface area contributed by atoms with Gasteiger partial charge in [-0.2, -0.15) is 0 Å². The van der Waals surface area contributed by atoms with Crippen LogP contribution in [0.4, 0.5) is 0 Å². The van der Waals surface area contributed by atoms with Crippen LogP contribution in [0.5, 0.6) is 0 Å². The van der Waals surface area contributed by atoms with E-state index in [2.05, 4.69) is 24.5 Å². The van der Waals surface area contributed by atoms with E-state index >= 15 is 0 Å². The van der Waals surface area contributed by atoms with Gasteiger partial charge in [0, 0.05) is 33.2 Å². The molecule has 6 heteroatoms. The first-order valence-electron chi connectivity index (χ1n) is 7.31. The van der Waals surface area contributed by atoms with Crippen LogP contribution in [-0.4, -0.2) is 56.3 Å². The Morgan fingerprint density at radius 1 is 1.50 bits per heavy atom. The third-order valence-corrected chi connectivity index (χ3v) is 6.14. The van der Waals surface area contributed by atoms with Gasteiger partial charge in [-0.3, -0.25) is 14.5 Å². The molecule has 2 aliphatic rings. The molecule has 2 atom stereocenters. The minimum atomic E-state index is -1.05. The Balaban J connectivity index is 1.72. The summed E-state index contributed by atoms with van der Waals surface area (Å²) in [5.41, 5.74) is -0.384. The average Bonchev–Trinajstić information content (AvgIpc) is 2.76. The quantitative estimate of drug-likeness (QED) is 0.459. The fourth-order valence-electron chi connectivity index (χ4n) is 3.03. The summed E-state index contributed by atoms with van der Waals surface area (Å²) in [6.45, 7) is 9.82. The molecule has 0 aromatic carbocycles. The van der Waals surface area contributed by atoms with Crippen LogP contribution in [0.1, 0.15) is 12.8 Å². The van der Waals surface area contributed by atoms with Crippen molar-refractivity contribution in [3.8, 4) is 0 Å². The molecular formula is C14H25NO4Si. The smallest absolute Gasteiger partial charge is 0.314 e. The first-order valence-corrected chi connectivity index (χ1v) is 11.0. The molecule has 0 radical (unpaired) electrons. The van der Waals surface area contributed by atoms with Gasteiger partial charge in [-0.1, -0.05) is 19.6 Å². The molecule has 1 spiro atoms. The van der Waals surface area contributed by atoms with Crippen LogP contribution in [0.3, 0.4) is 0 Å². The molecule has 5 nitrogen and oxygen atoms in total. The number of likely N-dealkylation sites (tertiary alicyclic amines) is 1. The van der Waals surface area contributed by atoms with Gasteiger partial charge >= 0.3 is 5.97 Å². The maximum atomic E-state index is 12.0. The van der Waals surface area contributed by atoms with Gasteiger partial charge in [-0.05, 0) is 18.9 Å². The van der Waals surface area contributed by atoms with Gasteiger partial charge in [0.2, 0.25) is 0 Å². The van der Waals surface area contributed by atoms with E-state index in [1.54, 1.807) is 0 Å². The second-order valence-corrected chi connectivity index (χ2v) is 13.0. The fraction of sp³-hybridized carbons (Fsp3) is 0.857. The lowest BCUT2D eigenvalue weighted by Gasteiger charge is -2.40. The van der Waals surface area contributed by atoms with Gasteiger partial charge < -0.3 is 9.84 Å². The van der Waals surface area contributed by atoms with Crippen molar-refractivity contribution in [1.29, 1.82) is 0 Å². The molecule has 1 N–H and O–H groups in total. The highest BCUT2D eigenvalue weighted by atomic mass is 28.3. The van der Waals surface area contributed by atoms with Crippen LogP contribution in [-0.2, 0) is 14.3 Å². The van der Waals surface area contributed by atoms with Crippen molar-refractivity contribution in [3.63, 3.8) is 0 Å². The van der Waals surface area contributed by atoms with Gasteiger partial charge in [0.25, 0.3) is 0 Å². The van der Waals surface area contributed by atoms with Crippen molar-refractivity contribution < 1.29 is 19.4 Å². The molecule has 0 aromatic rings. The highest BCUT2D eigenvalue weighted by Gasteiger charge is 2.58. The minimum absolute atomic E-state index is 0.0744. The second kappa shape index (κ2) is 5.58. The molecule has 1 saturated heterocycles. The van der Waals surface area contributed by atoms with Crippen molar-refractivity contribution in [3.05, 3.63) is 0 Å². The topological polar surface area (TPSA) is 66.8 Å². The van der Waals surface area contributed by atoms with Crippen LogP contribution in [0.25, 0.3) is 0 Å². The van der Waals surface area contributed by atoms with Crippen molar-refractivity contribution in [1.82, 2.24) is 4.90 Å². The first-order chi connectivity index (χ1) is 9.23. The Morgan fingerprint density at radius 2 is 2.20 bits per heavy atom. The van der Waals surface area contributed by atoms with Crippen LogP contribution in [0.2, 0.25) is 25.7 Å². The van der Waals surface area contributed by atoms with Crippen LogP contribution in [0, 0.1) is 11.3 Å². The molecule has 0 bridgehead atoms. The molecule has 2 rings (SSSR count).